The first-order valence-electron chi connectivity index (χ1n) is 26.9. The molecule has 1 aromatic heterocycles. The minimum atomic E-state index is -0.348. The zero-order valence-electron chi connectivity index (χ0n) is 44.6. The Balaban J connectivity index is 1.13. The summed E-state index contributed by atoms with van der Waals surface area (Å²) in [7, 11) is 0. The van der Waals surface area contributed by atoms with Crippen molar-refractivity contribution in [1.29, 1.82) is 0 Å². The van der Waals surface area contributed by atoms with Gasteiger partial charge in [0, 0.05) is 33.0 Å². The highest BCUT2D eigenvalue weighted by molar-refractivity contribution is 6.16. The van der Waals surface area contributed by atoms with E-state index in [4.69, 9.17) is 0 Å². The molecule has 0 N–H and O–H groups in total. The van der Waals surface area contributed by atoms with Crippen LogP contribution in [0.5, 0.6) is 0 Å². The van der Waals surface area contributed by atoms with Gasteiger partial charge in [-0.15, -0.1) is 0 Å². The fourth-order valence-corrected chi connectivity index (χ4v) is 12.5. The zero-order valence-corrected chi connectivity index (χ0v) is 44.6. The minimum absolute atomic E-state index is 0.0335. The molecule has 0 amide bonds. The first-order valence-corrected chi connectivity index (χ1v) is 26.9. The second-order valence-electron chi connectivity index (χ2n) is 23.0. The van der Waals surface area contributed by atoms with Crippen LogP contribution in [0.25, 0.3) is 82.8 Å². The zero-order chi connectivity index (χ0) is 51.9. The lowest BCUT2D eigenvalue weighted by Crippen LogP contribution is -2.22. The van der Waals surface area contributed by atoms with Gasteiger partial charge in [0.1, 0.15) is 0 Å². The molecule has 1 aliphatic carbocycles. The van der Waals surface area contributed by atoms with Gasteiger partial charge in [-0.25, -0.2) is 0 Å². The van der Waals surface area contributed by atoms with Gasteiger partial charge in [0.25, 0.3) is 0 Å². The van der Waals surface area contributed by atoms with Crippen LogP contribution < -0.4 is 4.90 Å². The summed E-state index contributed by atoms with van der Waals surface area (Å²) in [6, 6.07) is 93.1. The van der Waals surface area contributed by atoms with Crippen LogP contribution in [0.1, 0.15) is 76.3 Å². The third kappa shape index (κ3) is 7.53. The van der Waals surface area contributed by atoms with Crippen molar-refractivity contribution in [1.82, 2.24) is 4.57 Å². The SMILES string of the molecule is CC(C)(C)c1cc(-c2cccc3cccc(-c4ccccc4N(c4ccccc4-c4cccc5c4-c4ccccc4C5(C)c4ccccc4)c4cccc5c6ccccc6n(-c6ccccc6)c45)c23)cc(C(C)(C)C)c1. The lowest BCUT2D eigenvalue weighted by molar-refractivity contribution is 0.569. The molecule has 2 heteroatoms. The molecule has 12 aromatic rings. The highest BCUT2D eigenvalue weighted by atomic mass is 15.2. The third-order valence-corrected chi connectivity index (χ3v) is 16.4. The van der Waals surface area contributed by atoms with Gasteiger partial charge in [0.15, 0.2) is 0 Å². The van der Waals surface area contributed by atoms with Crippen LogP contribution in [0, 0.1) is 0 Å². The quantitative estimate of drug-likeness (QED) is 0.147. The van der Waals surface area contributed by atoms with Gasteiger partial charge in [-0.2, -0.15) is 0 Å². The Morgan fingerprint density at radius 3 is 1.55 bits per heavy atom. The van der Waals surface area contributed by atoms with Crippen LogP contribution in [0.2, 0.25) is 0 Å². The number of hydrogen-bond donors (Lipinski definition) is 0. The Morgan fingerprint density at radius 1 is 0.382 bits per heavy atom. The van der Waals surface area contributed by atoms with E-state index >= 15 is 0 Å². The molecule has 0 saturated heterocycles. The molecule has 0 fully saturated rings. The molecule has 0 aliphatic heterocycles. The van der Waals surface area contributed by atoms with Gasteiger partial charge in [-0.1, -0.05) is 254 Å². The highest BCUT2D eigenvalue weighted by Crippen LogP contribution is 2.57. The van der Waals surface area contributed by atoms with E-state index in [2.05, 4.69) is 307 Å². The van der Waals surface area contributed by atoms with Gasteiger partial charge in [-0.3, -0.25) is 0 Å². The Bertz CT molecular complexity index is 4160. The number of rotatable bonds is 8. The molecule has 0 bridgehead atoms. The maximum Gasteiger partial charge on any atom is 0.0782 e. The Kier molecular flexibility index (Phi) is 11.1. The topological polar surface area (TPSA) is 8.17 Å². The maximum absolute atomic E-state index is 2.58. The van der Waals surface area contributed by atoms with Crippen molar-refractivity contribution in [3.8, 4) is 50.2 Å². The first kappa shape index (κ1) is 47.0. The molecule has 0 radical (unpaired) electrons. The number of fused-ring (bicyclic) bond motifs is 7. The molecular formula is C74H62N2. The Morgan fingerprint density at radius 2 is 0.868 bits per heavy atom. The molecule has 1 aliphatic rings. The molecule has 1 heterocycles. The van der Waals surface area contributed by atoms with Gasteiger partial charge in [0.05, 0.1) is 28.1 Å². The summed E-state index contributed by atoms with van der Waals surface area (Å²) in [5.41, 5.74) is 22.7. The van der Waals surface area contributed by atoms with Crippen LogP contribution in [0.3, 0.4) is 0 Å². The number of benzene rings is 11. The van der Waals surface area contributed by atoms with E-state index in [0.717, 1.165) is 39.4 Å². The van der Waals surface area contributed by atoms with Crippen molar-refractivity contribution in [2.45, 2.75) is 64.7 Å². The maximum atomic E-state index is 2.58. The second kappa shape index (κ2) is 18.0. The molecule has 13 rings (SSSR count). The van der Waals surface area contributed by atoms with Crippen molar-refractivity contribution in [3.05, 3.63) is 277 Å². The number of hydrogen-bond acceptors (Lipinski definition) is 1. The normalized spacial score (nSPS) is 14.3. The summed E-state index contributed by atoms with van der Waals surface area (Å²) in [5.74, 6) is 0. The molecule has 76 heavy (non-hydrogen) atoms. The van der Waals surface area contributed by atoms with E-state index in [1.807, 2.05) is 0 Å². The summed E-state index contributed by atoms with van der Waals surface area (Å²) >= 11 is 0. The Hall–Kier alpha value is -8.72. The van der Waals surface area contributed by atoms with Crippen LogP contribution in [-0.2, 0) is 16.2 Å². The van der Waals surface area contributed by atoms with E-state index < -0.39 is 0 Å². The summed E-state index contributed by atoms with van der Waals surface area (Å²) < 4.78 is 2.48. The lowest BCUT2D eigenvalue weighted by atomic mass is 9.74. The van der Waals surface area contributed by atoms with Crippen LogP contribution >= 0.6 is 0 Å². The van der Waals surface area contributed by atoms with Crippen molar-refractivity contribution in [2.24, 2.45) is 0 Å². The molecule has 2 nitrogen and oxygen atoms in total. The van der Waals surface area contributed by atoms with E-state index in [1.54, 1.807) is 0 Å². The Labute approximate surface area is 448 Å². The van der Waals surface area contributed by atoms with E-state index in [1.165, 1.54) is 88.3 Å². The standard InChI is InChI=1S/C74H62N2/c1-72(2,3)52-46-50(47-53(48-52)73(4,5)6)55-36-22-26-49-27-23-37-59(69(49)55)56-32-15-20-43-66(56)76(68-45-25-39-61-58-34-17-19-42-65(58)75(71(61)68)54-30-12-9-13-31-54)67-44-21-16-33-57(67)60-38-24-41-64-70(60)62-35-14-18-40-63(62)74(64,7)51-28-10-8-11-29-51/h8-48H,1-7H3. The van der Waals surface area contributed by atoms with E-state index in [-0.39, 0.29) is 16.2 Å². The van der Waals surface area contributed by atoms with Crippen LogP contribution in [0.15, 0.2) is 249 Å². The molecule has 0 saturated carbocycles. The number of para-hydroxylation sites is 5. The van der Waals surface area contributed by atoms with Gasteiger partial charge >= 0.3 is 0 Å². The largest absolute Gasteiger partial charge is 0.307 e. The monoisotopic (exact) mass is 978 g/mol. The van der Waals surface area contributed by atoms with E-state index in [0.29, 0.717) is 0 Å². The van der Waals surface area contributed by atoms with Gasteiger partial charge in [0.2, 0.25) is 0 Å². The van der Waals surface area contributed by atoms with Gasteiger partial charge < -0.3 is 9.47 Å². The number of nitrogens with zero attached hydrogens (tertiary/aromatic N) is 2. The predicted molar refractivity (Wildman–Crippen MR) is 324 cm³/mol. The van der Waals surface area contributed by atoms with Gasteiger partial charge in [-0.05, 0) is 126 Å². The lowest BCUT2D eigenvalue weighted by Gasteiger charge is -2.32. The number of anilines is 3. The third-order valence-electron chi connectivity index (χ3n) is 16.4. The highest BCUT2D eigenvalue weighted by Gasteiger charge is 2.42. The van der Waals surface area contributed by atoms with Crippen molar-refractivity contribution >= 4 is 49.6 Å². The molecule has 368 valence electrons. The van der Waals surface area contributed by atoms with Crippen molar-refractivity contribution in [2.75, 3.05) is 4.90 Å². The fraction of sp³-hybridized carbons (Fsp3) is 0.135. The molecule has 1 atom stereocenters. The molecule has 11 aromatic carbocycles. The van der Waals surface area contributed by atoms with E-state index in [9.17, 15) is 0 Å². The minimum Gasteiger partial charge on any atom is -0.307 e. The van der Waals surface area contributed by atoms with Crippen LogP contribution in [-0.4, -0.2) is 4.57 Å². The molecule has 0 spiro atoms. The predicted octanol–water partition coefficient (Wildman–Crippen LogP) is 20.3. The average molecular weight is 979 g/mol. The van der Waals surface area contributed by atoms with Crippen molar-refractivity contribution in [3.63, 3.8) is 0 Å². The van der Waals surface area contributed by atoms with Crippen molar-refractivity contribution < 1.29 is 0 Å². The van der Waals surface area contributed by atoms with Crippen LogP contribution in [0.4, 0.5) is 17.1 Å². The molecular weight excluding hydrogens is 917 g/mol. The fourth-order valence-electron chi connectivity index (χ4n) is 12.5. The summed E-state index contributed by atoms with van der Waals surface area (Å²) in [5, 5.41) is 4.87. The summed E-state index contributed by atoms with van der Waals surface area (Å²) in [6.45, 7) is 16.4. The summed E-state index contributed by atoms with van der Waals surface area (Å²) in [4.78, 5) is 2.58. The molecule has 1 unspecified atom stereocenters. The number of aromatic nitrogens is 1. The smallest absolute Gasteiger partial charge is 0.0782 e. The second-order valence-corrected chi connectivity index (χ2v) is 23.0. The average Bonchev–Trinajstić information content (AvgIpc) is 4.08. The first-order chi connectivity index (χ1) is 36.9. The summed E-state index contributed by atoms with van der Waals surface area (Å²) in [6.07, 6.45) is 0.